The molecule has 0 aromatic heterocycles. The van der Waals surface area contributed by atoms with Crippen LogP contribution in [0.5, 0.6) is 5.75 Å². The quantitative estimate of drug-likeness (QED) is 0.142. The average molecular weight is 690 g/mol. The fourth-order valence-electron chi connectivity index (χ4n) is 8.45. The molecule has 4 aromatic rings. The standard InChI is InChI=1S/C44H51NO6/c1-5-51-42(48)45(28-34-13-8-12-32-11-6-7-14-37(32)34)29-44(49)25-23-40-38-22-16-31(26-35(46)19-15-30(2)10-9-24-43(40,44)3)27-39(38)41(47)33-17-20-36(50-4)21-18-33/h6-8,10-14,16-18,20-22,27,35,40,46,49H,5,9,15,19,23-26,28-29H2,1-4H3/t35-,40-,43-,44+/m0/s1. The zero-order valence-electron chi connectivity index (χ0n) is 30.4. The fourth-order valence-corrected chi connectivity index (χ4v) is 8.45. The van der Waals surface area contributed by atoms with E-state index in [1.54, 1.807) is 43.2 Å². The first-order valence-electron chi connectivity index (χ1n) is 18.3. The molecule has 268 valence electrons. The van der Waals surface area contributed by atoms with Crippen LogP contribution in [0.1, 0.15) is 97.8 Å². The Bertz CT molecular complexity index is 1890. The Morgan fingerprint density at radius 3 is 2.49 bits per heavy atom. The van der Waals surface area contributed by atoms with Gasteiger partial charge in [-0.1, -0.05) is 73.2 Å². The minimum Gasteiger partial charge on any atom is -0.497 e. The molecule has 0 spiro atoms. The number of carbonyl (C=O) groups excluding carboxylic acids is 2. The zero-order valence-corrected chi connectivity index (χ0v) is 30.4. The van der Waals surface area contributed by atoms with Crippen LogP contribution in [0, 0.1) is 5.41 Å². The summed E-state index contributed by atoms with van der Waals surface area (Å²) in [5.74, 6) is 0.398. The number of aliphatic hydroxyl groups excluding tert-OH is 1. The van der Waals surface area contributed by atoms with Crippen molar-refractivity contribution in [2.24, 2.45) is 5.41 Å². The lowest BCUT2D eigenvalue weighted by Gasteiger charge is -2.46. The van der Waals surface area contributed by atoms with Crippen LogP contribution in [0.25, 0.3) is 10.8 Å². The summed E-state index contributed by atoms with van der Waals surface area (Å²) in [6.45, 7) is 6.65. The molecular formula is C44H51NO6. The van der Waals surface area contributed by atoms with Gasteiger partial charge in [-0.25, -0.2) is 4.79 Å². The number of ether oxygens (including phenoxy) is 2. The molecule has 7 rings (SSSR count). The molecule has 0 saturated heterocycles. The van der Waals surface area contributed by atoms with Gasteiger partial charge in [0.05, 0.1) is 32.0 Å². The number of hydrogen-bond donors (Lipinski definition) is 2. The number of aliphatic hydroxyl groups is 2. The van der Waals surface area contributed by atoms with Gasteiger partial charge in [-0.05, 0) is 123 Å². The lowest BCUT2D eigenvalue weighted by Crippen LogP contribution is -2.53. The number of nitrogens with zero attached hydrogens (tertiary/aromatic N) is 1. The number of carbonyl (C=O) groups is 2. The molecule has 7 nitrogen and oxygen atoms in total. The maximum absolute atomic E-state index is 14.4. The summed E-state index contributed by atoms with van der Waals surface area (Å²) >= 11 is 0. The maximum atomic E-state index is 14.4. The van der Waals surface area contributed by atoms with E-state index in [4.69, 9.17) is 9.47 Å². The number of ketones is 1. The Balaban J connectivity index is 1.43. The number of rotatable bonds is 8. The van der Waals surface area contributed by atoms with Gasteiger partial charge in [0.2, 0.25) is 0 Å². The second-order valence-electron chi connectivity index (χ2n) is 14.7. The van der Waals surface area contributed by atoms with E-state index in [9.17, 15) is 19.8 Å². The molecule has 0 unspecified atom stereocenters. The van der Waals surface area contributed by atoms with Crippen molar-refractivity contribution in [3.05, 3.63) is 124 Å². The highest BCUT2D eigenvalue weighted by Gasteiger charge is 2.57. The summed E-state index contributed by atoms with van der Waals surface area (Å²) < 4.78 is 10.9. The first-order valence-corrected chi connectivity index (χ1v) is 18.3. The van der Waals surface area contributed by atoms with Crippen molar-refractivity contribution < 1.29 is 29.3 Å². The summed E-state index contributed by atoms with van der Waals surface area (Å²) in [6.07, 6.45) is 5.56. The van der Waals surface area contributed by atoms with E-state index in [0.717, 1.165) is 40.3 Å². The highest BCUT2D eigenvalue weighted by atomic mass is 16.6. The van der Waals surface area contributed by atoms with Crippen molar-refractivity contribution in [1.82, 2.24) is 4.90 Å². The van der Waals surface area contributed by atoms with E-state index in [-0.39, 0.29) is 24.9 Å². The van der Waals surface area contributed by atoms with Crippen LogP contribution >= 0.6 is 0 Å². The molecule has 2 bridgehead atoms. The lowest BCUT2D eigenvalue weighted by molar-refractivity contribution is -0.0820. The van der Waals surface area contributed by atoms with Crippen LogP contribution in [-0.4, -0.2) is 59.0 Å². The Kier molecular flexibility index (Phi) is 11.0. The van der Waals surface area contributed by atoms with E-state index >= 15 is 0 Å². The minimum atomic E-state index is -1.27. The molecule has 0 heterocycles. The maximum Gasteiger partial charge on any atom is 0.410 e. The third kappa shape index (κ3) is 7.61. The predicted molar refractivity (Wildman–Crippen MR) is 201 cm³/mol. The van der Waals surface area contributed by atoms with Gasteiger partial charge < -0.3 is 24.6 Å². The third-order valence-electron chi connectivity index (χ3n) is 11.5. The number of amides is 1. The molecule has 7 heteroatoms. The molecule has 2 N–H and O–H groups in total. The highest BCUT2D eigenvalue weighted by Crippen LogP contribution is 2.59. The van der Waals surface area contributed by atoms with E-state index < -0.39 is 23.2 Å². The van der Waals surface area contributed by atoms with Gasteiger partial charge in [-0.3, -0.25) is 4.79 Å². The number of benzene rings is 4. The number of allylic oxidation sites excluding steroid dienone is 2. The second kappa shape index (κ2) is 15.4. The zero-order chi connectivity index (χ0) is 36.2. The molecule has 0 radical (unpaired) electrons. The van der Waals surface area contributed by atoms with E-state index in [2.05, 4.69) is 38.1 Å². The van der Waals surface area contributed by atoms with Crippen LogP contribution in [0.4, 0.5) is 4.79 Å². The van der Waals surface area contributed by atoms with Gasteiger partial charge in [-0.15, -0.1) is 0 Å². The van der Waals surface area contributed by atoms with Gasteiger partial charge in [0.25, 0.3) is 0 Å². The predicted octanol–water partition coefficient (Wildman–Crippen LogP) is 8.78. The summed E-state index contributed by atoms with van der Waals surface area (Å²) in [6, 6.07) is 27.4. The fraction of sp³-hybridized carbons (Fsp3) is 0.409. The minimum absolute atomic E-state index is 0.0940. The van der Waals surface area contributed by atoms with Crippen LogP contribution in [0.3, 0.4) is 0 Å². The van der Waals surface area contributed by atoms with Gasteiger partial charge in [0.15, 0.2) is 5.78 Å². The van der Waals surface area contributed by atoms with Crippen molar-refractivity contribution in [2.45, 2.75) is 89.9 Å². The van der Waals surface area contributed by atoms with Gasteiger partial charge >= 0.3 is 6.09 Å². The Labute approximate surface area is 301 Å². The number of fused-ring (bicyclic) bond motifs is 9. The van der Waals surface area contributed by atoms with Gasteiger partial charge in [0, 0.05) is 23.1 Å². The van der Waals surface area contributed by atoms with E-state index in [0.29, 0.717) is 55.5 Å². The Hall–Kier alpha value is -4.46. The molecular weight excluding hydrogens is 638 g/mol. The first kappa shape index (κ1) is 36.3. The van der Waals surface area contributed by atoms with Gasteiger partial charge in [0.1, 0.15) is 5.75 Å². The van der Waals surface area contributed by atoms with Crippen LogP contribution < -0.4 is 4.74 Å². The normalized spacial score (nSPS) is 23.6. The second-order valence-corrected chi connectivity index (χ2v) is 14.7. The molecule has 51 heavy (non-hydrogen) atoms. The molecule has 1 fully saturated rings. The molecule has 4 aromatic carbocycles. The first-order chi connectivity index (χ1) is 24.5. The van der Waals surface area contributed by atoms with Crippen molar-refractivity contribution in [2.75, 3.05) is 20.3 Å². The lowest BCUT2D eigenvalue weighted by atomic mass is 9.64. The van der Waals surface area contributed by atoms with Crippen LogP contribution in [0.2, 0.25) is 0 Å². The topological polar surface area (TPSA) is 96.3 Å². The van der Waals surface area contributed by atoms with E-state index in [1.165, 1.54) is 5.57 Å². The van der Waals surface area contributed by atoms with Crippen molar-refractivity contribution in [3.8, 4) is 5.75 Å². The molecule has 3 aliphatic carbocycles. The SMILES string of the molecule is CCOC(=O)N(Cc1cccc2ccccc12)C[C@]1(O)CC[C@H]2c3ccc(cc3C(=O)c3ccc(OC)cc3)C[C@@H](O)CCC(C)=CCC[C@@]21C. The Morgan fingerprint density at radius 1 is 0.961 bits per heavy atom. The highest BCUT2D eigenvalue weighted by molar-refractivity contribution is 6.10. The van der Waals surface area contributed by atoms with Crippen molar-refractivity contribution >= 4 is 22.6 Å². The van der Waals surface area contributed by atoms with Crippen LogP contribution in [-0.2, 0) is 17.7 Å². The summed E-state index contributed by atoms with van der Waals surface area (Å²) in [7, 11) is 1.60. The van der Waals surface area contributed by atoms with Gasteiger partial charge in [-0.2, -0.15) is 0 Å². The molecule has 4 atom stereocenters. The largest absolute Gasteiger partial charge is 0.497 e. The summed E-state index contributed by atoms with van der Waals surface area (Å²) in [4.78, 5) is 29.7. The molecule has 1 saturated carbocycles. The number of hydrogen-bond acceptors (Lipinski definition) is 6. The van der Waals surface area contributed by atoms with Crippen LogP contribution in [0.15, 0.2) is 96.6 Å². The number of methoxy groups -OCH3 is 1. The molecule has 1 amide bonds. The summed E-state index contributed by atoms with van der Waals surface area (Å²) in [5.41, 5.74) is 3.15. The monoisotopic (exact) mass is 689 g/mol. The third-order valence-corrected chi connectivity index (χ3v) is 11.5. The molecule has 0 aliphatic heterocycles. The van der Waals surface area contributed by atoms with Crippen molar-refractivity contribution in [1.29, 1.82) is 0 Å². The Morgan fingerprint density at radius 2 is 1.73 bits per heavy atom. The average Bonchev–Trinajstić information content (AvgIpc) is 3.38. The smallest absolute Gasteiger partial charge is 0.410 e. The molecule has 3 aliphatic rings. The van der Waals surface area contributed by atoms with E-state index in [1.807, 2.05) is 42.5 Å². The summed E-state index contributed by atoms with van der Waals surface area (Å²) in [5, 5.41) is 26.1. The van der Waals surface area contributed by atoms with Crippen molar-refractivity contribution in [3.63, 3.8) is 0 Å².